The first-order valence-electron chi connectivity index (χ1n) is 5.06. The summed E-state index contributed by atoms with van der Waals surface area (Å²) in [6, 6.07) is 7.29. The second-order valence-electron chi connectivity index (χ2n) is 3.56. The highest BCUT2D eigenvalue weighted by Gasteiger charge is 2.11. The van der Waals surface area contributed by atoms with Crippen LogP contribution in [0.4, 0.5) is 5.69 Å². The van der Waals surface area contributed by atoms with Gasteiger partial charge in [0, 0.05) is 16.7 Å². The summed E-state index contributed by atoms with van der Waals surface area (Å²) in [5, 5.41) is 14.6. The van der Waals surface area contributed by atoms with Crippen LogP contribution in [0, 0.1) is 0 Å². The number of hydrogen-bond donors (Lipinski definition) is 2. The van der Waals surface area contributed by atoms with Crippen molar-refractivity contribution in [3.63, 3.8) is 0 Å². The van der Waals surface area contributed by atoms with Gasteiger partial charge in [0.25, 0.3) is 0 Å². The van der Waals surface area contributed by atoms with Gasteiger partial charge in [0.05, 0.1) is 5.02 Å². The Morgan fingerprint density at radius 3 is 2.89 bits per heavy atom. The average molecular weight is 347 g/mol. The zero-order valence-corrected chi connectivity index (χ0v) is 12.3. The predicted octanol–water partition coefficient (Wildman–Crippen LogP) is 4.47. The van der Waals surface area contributed by atoms with E-state index >= 15 is 0 Å². The topological polar surface area (TPSA) is 49.3 Å². The fourth-order valence-electron chi connectivity index (χ4n) is 1.47. The lowest BCUT2D eigenvalue weighted by Gasteiger charge is -2.07. The second-order valence-corrected chi connectivity index (χ2v) is 5.74. The van der Waals surface area contributed by atoms with E-state index in [2.05, 4.69) is 21.2 Å². The third-order valence-electron chi connectivity index (χ3n) is 2.34. The first kappa shape index (κ1) is 13.4. The van der Waals surface area contributed by atoms with Crippen LogP contribution < -0.4 is 5.32 Å². The number of carboxylic acids is 1. The third kappa shape index (κ3) is 3.04. The van der Waals surface area contributed by atoms with Crippen LogP contribution in [0.15, 0.2) is 34.1 Å². The minimum Gasteiger partial charge on any atom is -0.477 e. The van der Waals surface area contributed by atoms with Crippen molar-refractivity contribution in [3.05, 3.63) is 49.6 Å². The highest BCUT2D eigenvalue weighted by molar-refractivity contribution is 9.10. The number of nitrogens with one attached hydrogen (secondary N) is 1. The van der Waals surface area contributed by atoms with Crippen LogP contribution in [0.25, 0.3) is 0 Å². The molecule has 0 radical (unpaired) electrons. The number of hydrogen-bond acceptors (Lipinski definition) is 3. The van der Waals surface area contributed by atoms with Crippen LogP contribution in [0.1, 0.15) is 15.2 Å². The maximum atomic E-state index is 11.0. The van der Waals surface area contributed by atoms with Gasteiger partial charge >= 0.3 is 5.97 Å². The van der Waals surface area contributed by atoms with Crippen molar-refractivity contribution in [1.29, 1.82) is 0 Å². The van der Waals surface area contributed by atoms with Crippen molar-refractivity contribution < 1.29 is 9.90 Å². The monoisotopic (exact) mass is 345 g/mol. The van der Waals surface area contributed by atoms with E-state index in [4.69, 9.17) is 16.7 Å². The Morgan fingerprint density at radius 1 is 1.44 bits per heavy atom. The molecule has 6 heteroatoms. The molecule has 1 aromatic carbocycles. The van der Waals surface area contributed by atoms with Crippen LogP contribution in [-0.2, 0) is 6.54 Å². The van der Waals surface area contributed by atoms with Gasteiger partial charge in [0.2, 0.25) is 0 Å². The molecule has 0 aliphatic heterocycles. The molecule has 0 fully saturated rings. The molecular weight excluding hydrogens is 338 g/mol. The summed E-state index contributed by atoms with van der Waals surface area (Å²) < 4.78 is 0.804. The summed E-state index contributed by atoms with van der Waals surface area (Å²) in [6.07, 6.45) is 0. The standard InChI is InChI=1S/C12H9BrClNO2S/c13-9-5-8(1-2-10(9)14)15-6-7-3-4-18-11(7)12(16)17/h1-5,15H,6H2,(H,16,17). The van der Waals surface area contributed by atoms with Gasteiger partial charge in [-0.1, -0.05) is 11.6 Å². The molecule has 3 nitrogen and oxygen atoms in total. The lowest BCUT2D eigenvalue weighted by atomic mass is 10.2. The Hall–Kier alpha value is -1.04. The van der Waals surface area contributed by atoms with Crippen LogP contribution in [-0.4, -0.2) is 11.1 Å². The lowest BCUT2D eigenvalue weighted by Crippen LogP contribution is -2.03. The number of carboxylic acid groups (broad SMARTS) is 1. The molecule has 0 saturated heterocycles. The van der Waals surface area contributed by atoms with Gasteiger partial charge in [-0.15, -0.1) is 11.3 Å². The molecular formula is C12H9BrClNO2S. The van der Waals surface area contributed by atoms with E-state index in [1.807, 2.05) is 18.2 Å². The molecule has 0 aliphatic rings. The molecule has 2 aromatic rings. The quantitative estimate of drug-likeness (QED) is 0.858. The Kier molecular flexibility index (Phi) is 4.27. The van der Waals surface area contributed by atoms with Gasteiger partial charge in [-0.25, -0.2) is 4.79 Å². The fraction of sp³-hybridized carbons (Fsp3) is 0.0833. The average Bonchev–Trinajstić information content (AvgIpc) is 2.79. The van der Waals surface area contributed by atoms with Crippen LogP contribution in [0.3, 0.4) is 0 Å². The van der Waals surface area contributed by atoms with E-state index in [1.54, 1.807) is 11.4 Å². The van der Waals surface area contributed by atoms with Gasteiger partial charge < -0.3 is 10.4 Å². The number of carbonyl (C=O) groups is 1. The van der Waals surface area contributed by atoms with E-state index in [9.17, 15) is 4.79 Å². The normalized spacial score (nSPS) is 10.3. The van der Waals surface area contributed by atoms with E-state index in [0.717, 1.165) is 15.7 Å². The Balaban J connectivity index is 2.09. The van der Waals surface area contributed by atoms with Crippen LogP contribution >= 0.6 is 38.9 Å². The largest absolute Gasteiger partial charge is 0.477 e. The summed E-state index contributed by atoms with van der Waals surface area (Å²) in [5.74, 6) is -0.890. The molecule has 2 N–H and O–H groups in total. The van der Waals surface area contributed by atoms with E-state index in [0.29, 0.717) is 16.4 Å². The minimum absolute atomic E-state index is 0.371. The predicted molar refractivity (Wildman–Crippen MR) is 77.8 cm³/mol. The van der Waals surface area contributed by atoms with E-state index in [-0.39, 0.29) is 0 Å². The van der Waals surface area contributed by atoms with Crippen molar-refractivity contribution >= 4 is 50.5 Å². The minimum atomic E-state index is -0.890. The summed E-state index contributed by atoms with van der Waals surface area (Å²) >= 11 is 10.5. The van der Waals surface area contributed by atoms with Gasteiger partial charge in [-0.2, -0.15) is 0 Å². The summed E-state index contributed by atoms with van der Waals surface area (Å²) in [4.78, 5) is 11.3. The smallest absolute Gasteiger partial charge is 0.346 e. The first-order chi connectivity index (χ1) is 8.58. The molecule has 0 spiro atoms. The number of rotatable bonds is 4. The molecule has 0 atom stereocenters. The van der Waals surface area contributed by atoms with Gasteiger partial charge in [0.1, 0.15) is 4.88 Å². The van der Waals surface area contributed by atoms with Gasteiger partial charge in [-0.05, 0) is 51.1 Å². The van der Waals surface area contributed by atoms with Crippen LogP contribution in [0.5, 0.6) is 0 Å². The highest BCUT2D eigenvalue weighted by atomic mass is 79.9. The maximum absolute atomic E-state index is 11.0. The summed E-state index contributed by atoms with van der Waals surface area (Å²) in [6.45, 7) is 0.471. The van der Waals surface area contributed by atoms with Gasteiger partial charge in [0.15, 0.2) is 0 Å². The fourth-order valence-corrected chi connectivity index (χ4v) is 2.72. The Labute approximate surface area is 122 Å². The molecule has 1 aromatic heterocycles. The molecule has 18 heavy (non-hydrogen) atoms. The molecule has 1 heterocycles. The Bertz CT molecular complexity index is 585. The van der Waals surface area contributed by atoms with Crippen molar-refractivity contribution in [2.45, 2.75) is 6.54 Å². The summed E-state index contributed by atoms with van der Waals surface area (Å²) in [7, 11) is 0. The number of benzene rings is 1. The maximum Gasteiger partial charge on any atom is 0.346 e. The molecule has 94 valence electrons. The highest BCUT2D eigenvalue weighted by Crippen LogP contribution is 2.26. The third-order valence-corrected chi connectivity index (χ3v) is 4.50. The SMILES string of the molecule is O=C(O)c1sccc1CNc1ccc(Cl)c(Br)c1. The van der Waals surface area contributed by atoms with Crippen molar-refractivity contribution in [3.8, 4) is 0 Å². The molecule has 0 bridgehead atoms. The van der Waals surface area contributed by atoms with Crippen molar-refractivity contribution in [2.75, 3.05) is 5.32 Å². The van der Waals surface area contributed by atoms with E-state index < -0.39 is 5.97 Å². The lowest BCUT2D eigenvalue weighted by molar-refractivity contribution is 0.0701. The van der Waals surface area contributed by atoms with Gasteiger partial charge in [-0.3, -0.25) is 0 Å². The van der Waals surface area contributed by atoms with Crippen molar-refractivity contribution in [1.82, 2.24) is 0 Å². The molecule has 2 rings (SSSR count). The number of thiophene rings is 1. The number of aromatic carboxylic acids is 1. The second kappa shape index (κ2) is 5.73. The number of halogens is 2. The molecule has 0 unspecified atom stereocenters. The van der Waals surface area contributed by atoms with Crippen molar-refractivity contribution in [2.24, 2.45) is 0 Å². The van der Waals surface area contributed by atoms with E-state index in [1.165, 1.54) is 11.3 Å². The molecule has 0 saturated carbocycles. The Morgan fingerprint density at radius 2 is 2.22 bits per heavy atom. The molecule has 0 amide bonds. The first-order valence-corrected chi connectivity index (χ1v) is 7.11. The zero-order chi connectivity index (χ0) is 13.1. The zero-order valence-electron chi connectivity index (χ0n) is 9.11. The number of anilines is 1. The molecule has 0 aliphatic carbocycles. The van der Waals surface area contributed by atoms with Crippen LogP contribution in [0.2, 0.25) is 5.02 Å². The summed E-state index contributed by atoms with van der Waals surface area (Å²) in [5.41, 5.74) is 1.66.